The van der Waals surface area contributed by atoms with Gasteiger partial charge in [0.2, 0.25) is 0 Å². The predicted octanol–water partition coefficient (Wildman–Crippen LogP) is 5.60. The zero-order valence-electron chi connectivity index (χ0n) is 16.8. The summed E-state index contributed by atoms with van der Waals surface area (Å²) >= 11 is 9.64. The third kappa shape index (κ3) is 5.87. The second kappa shape index (κ2) is 10.3. The molecule has 0 saturated heterocycles. The highest BCUT2D eigenvalue weighted by Gasteiger charge is 2.26. The van der Waals surface area contributed by atoms with Crippen molar-refractivity contribution < 1.29 is 17.9 Å². The van der Waals surface area contributed by atoms with Crippen LogP contribution >= 0.6 is 27.5 Å². The molecule has 0 aliphatic rings. The van der Waals surface area contributed by atoms with E-state index in [1.807, 2.05) is 6.07 Å². The van der Waals surface area contributed by atoms with Gasteiger partial charge < -0.3 is 4.74 Å². The van der Waals surface area contributed by atoms with Gasteiger partial charge in [0, 0.05) is 9.50 Å². The largest absolute Gasteiger partial charge is 0.466 e. The highest BCUT2D eigenvalue weighted by atomic mass is 79.9. The van der Waals surface area contributed by atoms with Crippen LogP contribution < -0.4 is 4.31 Å². The molecule has 0 atom stereocenters. The summed E-state index contributed by atoms with van der Waals surface area (Å²) in [6.07, 6.45) is 0.123. The summed E-state index contributed by atoms with van der Waals surface area (Å²) in [5.74, 6) is -0.328. The Morgan fingerprint density at radius 3 is 2.26 bits per heavy atom. The molecule has 0 aliphatic carbocycles. The molecule has 0 spiro atoms. The summed E-state index contributed by atoms with van der Waals surface area (Å²) < 4.78 is 34.1. The molecule has 0 aliphatic heterocycles. The van der Waals surface area contributed by atoms with Crippen LogP contribution in [-0.2, 0) is 32.5 Å². The number of hydrogen-bond donors (Lipinski definition) is 0. The van der Waals surface area contributed by atoms with E-state index in [2.05, 4.69) is 15.9 Å². The van der Waals surface area contributed by atoms with E-state index in [9.17, 15) is 13.2 Å². The topological polar surface area (TPSA) is 63.7 Å². The van der Waals surface area contributed by atoms with Crippen molar-refractivity contribution in [3.05, 3.63) is 93.4 Å². The Morgan fingerprint density at radius 2 is 1.65 bits per heavy atom. The van der Waals surface area contributed by atoms with Gasteiger partial charge in [-0.2, -0.15) is 0 Å². The molecule has 3 aromatic rings. The SMILES string of the molecule is CCOC(=O)Cc1ccc(N(Cc2ccccc2Cl)S(=O)(=O)c2ccc(Br)cc2)cc1. The third-order valence-electron chi connectivity index (χ3n) is 4.55. The molecule has 3 rings (SSSR count). The van der Waals surface area contributed by atoms with Crippen LogP contribution in [0.25, 0.3) is 0 Å². The Labute approximate surface area is 195 Å². The number of anilines is 1. The molecule has 162 valence electrons. The van der Waals surface area contributed by atoms with E-state index < -0.39 is 10.0 Å². The maximum Gasteiger partial charge on any atom is 0.310 e. The lowest BCUT2D eigenvalue weighted by Gasteiger charge is -2.25. The van der Waals surface area contributed by atoms with Crippen LogP contribution in [0.3, 0.4) is 0 Å². The average molecular weight is 523 g/mol. The maximum absolute atomic E-state index is 13.5. The van der Waals surface area contributed by atoms with Gasteiger partial charge in [-0.15, -0.1) is 0 Å². The first-order valence-electron chi connectivity index (χ1n) is 9.57. The first kappa shape index (κ1) is 23.3. The highest BCUT2D eigenvalue weighted by molar-refractivity contribution is 9.10. The van der Waals surface area contributed by atoms with Gasteiger partial charge in [-0.25, -0.2) is 8.42 Å². The molecule has 5 nitrogen and oxygen atoms in total. The number of nitrogens with zero attached hydrogens (tertiary/aromatic N) is 1. The Kier molecular flexibility index (Phi) is 7.75. The Bertz CT molecular complexity index is 1150. The fraction of sp³-hybridized carbons (Fsp3) is 0.174. The fourth-order valence-corrected chi connectivity index (χ4v) is 4.89. The summed E-state index contributed by atoms with van der Waals surface area (Å²) in [5.41, 5.74) is 1.89. The van der Waals surface area contributed by atoms with Crippen LogP contribution in [0.15, 0.2) is 82.2 Å². The normalized spacial score (nSPS) is 11.2. The predicted molar refractivity (Wildman–Crippen MR) is 126 cm³/mol. The Balaban J connectivity index is 1.98. The van der Waals surface area contributed by atoms with Gasteiger partial charge in [-0.3, -0.25) is 9.10 Å². The van der Waals surface area contributed by atoms with Gasteiger partial charge in [0.15, 0.2) is 0 Å². The monoisotopic (exact) mass is 521 g/mol. The van der Waals surface area contributed by atoms with Crippen LogP contribution in [0.2, 0.25) is 5.02 Å². The molecule has 0 saturated carbocycles. The zero-order valence-corrected chi connectivity index (χ0v) is 20.0. The number of halogens is 2. The number of ether oxygens (including phenoxy) is 1. The summed E-state index contributed by atoms with van der Waals surface area (Å²) in [6, 6.07) is 20.4. The molecule has 0 aromatic heterocycles. The van der Waals surface area contributed by atoms with Crippen molar-refractivity contribution in [2.75, 3.05) is 10.9 Å². The number of carbonyl (C=O) groups is 1. The fourth-order valence-electron chi connectivity index (χ4n) is 2.99. The van der Waals surface area contributed by atoms with Crippen molar-refractivity contribution >= 4 is 49.2 Å². The number of benzene rings is 3. The summed E-state index contributed by atoms with van der Waals surface area (Å²) in [6.45, 7) is 2.13. The quantitative estimate of drug-likeness (QED) is 0.361. The summed E-state index contributed by atoms with van der Waals surface area (Å²) in [7, 11) is -3.87. The minimum absolute atomic E-state index is 0.0648. The van der Waals surface area contributed by atoms with E-state index in [4.69, 9.17) is 16.3 Å². The molecule has 0 heterocycles. The lowest BCUT2D eigenvalue weighted by molar-refractivity contribution is -0.142. The second-order valence-corrected chi connectivity index (χ2v) is 9.89. The number of rotatable bonds is 8. The van der Waals surface area contributed by atoms with Crippen molar-refractivity contribution in [2.45, 2.75) is 24.8 Å². The molecule has 0 amide bonds. The van der Waals surface area contributed by atoms with E-state index >= 15 is 0 Å². The van der Waals surface area contributed by atoms with Gasteiger partial charge in [-0.05, 0) is 60.5 Å². The van der Waals surface area contributed by atoms with E-state index in [0.717, 1.165) is 10.0 Å². The average Bonchev–Trinajstić information content (AvgIpc) is 2.74. The molecule has 0 N–H and O–H groups in total. The minimum atomic E-state index is -3.87. The van der Waals surface area contributed by atoms with Crippen molar-refractivity contribution in [1.82, 2.24) is 0 Å². The van der Waals surface area contributed by atoms with Gasteiger partial charge in [0.25, 0.3) is 10.0 Å². The molecule has 0 fully saturated rings. The van der Waals surface area contributed by atoms with Crippen molar-refractivity contribution in [2.24, 2.45) is 0 Å². The number of hydrogen-bond acceptors (Lipinski definition) is 4. The lowest BCUT2D eigenvalue weighted by Crippen LogP contribution is -2.30. The highest BCUT2D eigenvalue weighted by Crippen LogP contribution is 2.29. The van der Waals surface area contributed by atoms with Crippen LogP contribution in [0, 0.1) is 0 Å². The molecule has 0 unspecified atom stereocenters. The van der Waals surface area contributed by atoms with E-state index in [0.29, 0.717) is 22.9 Å². The molecular weight excluding hydrogens is 502 g/mol. The van der Waals surface area contributed by atoms with Gasteiger partial charge in [0.1, 0.15) is 0 Å². The maximum atomic E-state index is 13.5. The Morgan fingerprint density at radius 1 is 1.00 bits per heavy atom. The molecular formula is C23H21BrClNO4S. The van der Waals surface area contributed by atoms with Crippen molar-refractivity contribution in [1.29, 1.82) is 0 Å². The molecule has 3 aromatic carbocycles. The van der Waals surface area contributed by atoms with Crippen molar-refractivity contribution in [3.63, 3.8) is 0 Å². The second-order valence-electron chi connectivity index (χ2n) is 6.71. The van der Waals surface area contributed by atoms with E-state index in [1.54, 1.807) is 73.7 Å². The molecule has 31 heavy (non-hydrogen) atoms. The molecule has 0 radical (unpaired) electrons. The lowest BCUT2D eigenvalue weighted by atomic mass is 10.1. The standard InChI is InChI=1S/C23H21BrClNO4S/c1-2-30-23(27)15-17-7-11-20(12-8-17)26(16-18-5-3-4-6-22(18)25)31(28,29)21-13-9-19(24)10-14-21/h3-14H,2,15-16H2,1H3. The summed E-state index contributed by atoms with van der Waals surface area (Å²) in [5, 5.41) is 0.484. The van der Waals surface area contributed by atoms with E-state index in [-0.39, 0.29) is 23.8 Å². The van der Waals surface area contributed by atoms with Gasteiger partial charge >= 0.3 is 5.97 Å². The number of sulfonamides is 1. The summed E-state index contributed by atoms with van der Waals surface area (Å²) in [4.78, 5) is 11.9. The van der Waals surface area contributed by atoms with Crippen LogP contribution in [0.1, 0.15) is 18.1 Å². The van der Waals surface area contributed by atoms with Crippen molar-refractivity contribution in [3.8, 4) is 0 Å². The third-order valence-corrected chi connectivity index (χ3v) is 7.24. The zero-order chi connectivity index (χ0) is 22.4. The first-order valence-corrected chi connectivity index (χ1v) is 12.2. The molecule has 0 bridgehead atoms. The minimum Gasteiger partial charge on any atom is -0.466 e. The first-order chi connectivity index (χ1) is 14.8. The van der Waals surface area contributed by atoms with Crippen LogP contribution in [0.4, 0.5) is 5.69 Å². The van der Waals surface area contributed by atoms with Gasteiger partial charge in [-0.1, -0.05) is 57.9 Å². The van der Waals surface area contributed by atoms with Crippen LogP contribution in [-0.4, -0.2) is 21.0 Å². The van der Waals surface area contributed by atoms with Crippen LogP contribution in [0.5, 0.6) is 0 Å². The van der Waals surface area contributed by atoms with Gasteiger partial charge in [0.05, 0.1) is 30.2 Å². The number of carbonyl (C=O) groups excluding carboxylic acids is 1. The Hall–Kier alpha value is -2.35. The smallest absolute Gasteiger partial charge is 0.310 e. The van der Waals surface area contributed by atoms with E-state index in [1.165, 1.54) is 4.31 Å². The number of esters is 1. The molecule has 8 heteroatoms.